The zero-order valence-corrected chi connectivity index (χ0v) is 14.2. The Morgan fingerprint density at radius 1 is 1.29 bits per heavy atom. The van der Waals surface area contributed by atoms with E-state index < -0.39 is 9.84 Å². The van der Waals surface area contributed by atoms with Gasteiger partial charge in [-0.2, -0.15) is 0 Å². The van der Waals surface area contributed by atoms with E-state index in [0.717, 1.165) is 13.1 Å². The first-order valence-corrected chi connectivity index (χ1v) is 9.89. The van der Waals surface area contributed by atoms with Crippen LogP contribution >= 0.6 is 39.5 Å². The van der Waals surface area contributed by atoms with Crippen LogP contribution in [0, 0.1) is 0 Å². The Kier molecular flexibility index (Phi) is 3.70. The van der Waals surface area contributed by atoms with Crippen molar-refractivity contribution in [1.82, 2.24) is 0 Å². The zero-order valence-electron chi connectivity index (χ0n) is 10.2. The summed E-state index contributed by atoms with van der Waals surface area (Å²) in [6.45, 7) is 8.26. The van der Waals surface area contributed by atoms with Gasteiger partial charge < -0.3 is 0 Å². The van der Waals surface area contributed by atoms with Gasteiger partial charge in [0.2, 0.25) is 0 Å². The lowest BCUT2D eigenvalue weighted by molar-refractivity contribution is -0.515. The maximum Gasteiger partial charge on any atom is 0.272 e. The molecule has 2 heterocycles. The zero-order chi connectivity index (χ0) is 12.9. The average Bonchev–Trinajstić information content (AvgIpc) is 2.46. The highest BCUT2D eigenvalue weighted by Gasteiger charge is 2.65. The number of halogens is 1. The van der Waals surface area contributed by atoms with Gasteiger partial charge in [0, 0.05) is 0 Å². The summed E-state index contributed by atoms with van der Waals surface area (Å²) in [5.41, 5.74) is 0. The van der Waals surface area contributed by atoms with Gasteiger partial charge in [-0.1, -0.05) is 15.9 Å². The maximum absolute atomic E-state index is 11.8. The lowest BCUT2D eigenvalue weighted by atomic mass is 10.1. The van der Waals surface area contributed by atoms with Gasteiger partial charge in [0.1, 0.15) is 16.7 Å². The molecular formula is C10H17BrNO2S3+. The Bertz CT molecular complexity index is 442. The normalized spacial score (nSPS) is 39.4. The SMILES string of the molecule is CC[N+](CC)=C1S[C@]2(C)CS(=O)(=O)C[C@]2(Br)S1. The second-order valence-corrected chi connectivity index (χ2v) is 11.6. The molecule has 98 valence electrons. The van der Waals surface area contributed by atoms with Gasteiger partial charge in [0.25, 0.3) is 4.38 Å². The van der Waals surface area contributed by atoms with Crippen molar-refractivity contribution in [1.29, 1.82) is 0 Å². The van der Waals surface area contributed by atoms with Gasteiger partial charge in [-0.15, -0.1) is 0 Å². The van der Waals surface area contributed by atoms with E-state index in [0.29, 0.717) is 0 Å². The molecular weight excluding hydrogens is 342 g/mol. The summed E-state index contributed by atoms with van der Waals surface area (Å²) >= 11 is 7.09. The van der Waals surface area contributed by atoms with Crippen LogP contribution in [0.4, 0.5) is 0 Å². The fourth-order valence-corrected chi connectivity index (χ4v) is 11.8. The van der Waals surface area contributed by atoms with Gasteiger partial charge in [-0.05, 0) is 44.3 Å². The molecule has 0 saturated carbocycles. The number of hydrogen-bond acceptors (Lipinski definition) is 4. The van der Waals surface area contributed by atoms with Crippen LogP contribution in [-0.4, -0.2) is 50.4 Å². The maximum atomic E-state index is 11.8. The number of hydrogen-bond donors (Lipinski definition) is 0. The molecule has 2 fully saturated rings. The summed E-state index contributed by atoms with van der Waals surface area (Å²) in [7, 11) is -2.91. The van der Waals surface area contributed by atoms with Crippen molar-refractivity contribution in [3.8, 4) is 0 Å². The summed E-state index contributed by atoms with van der Waals surface area (Å²) in [5.74, 6) is 0.507. The molecule has 0 N–H and O–H groups in total. The van der Waals surface area contributed by atoms with Gasteiger partial charge in [-0.25, -0.2) is 13.0 Å². The molecule has 2 rings (SSSR count). The van der Waals surface area contributed by atoms with Gasteiger partial charge in [0.15, 0.2) is 9.84 Å². The highest BCUT2D eigenvalue weighted by molar-refractivity contribution is 9.12. The lowest BCUT2D eigenvalue weighted by Gasteiger charge is -2.25. The Hall–Kier alpha value is 0.800. The highest BCUT2D eigenvalue weighted by atomic mass is 79.9. The number of alkyl halides is 1. The molecule has 0 amide bonds. The largest absolute Gasteiger partial charge is 0.272 e. The van der Waals surface area contributed by atoms with E-state index in [4.69, 9.17) is 0 Å². The molecule has 0 bridgehead atoms. The van der Waals surface area contributed by atoms with E-state index in [1.165, 1.54) is 4.38 Å². The molecule has 2 saturated heterocycles. The third-order valence-electron chi connectivity index (χ3n) is 3.27. The minimum atomic E-state index is -2.91. The van der Waals surface area contributed by atoms with Crippen molar-refractivity contribution in [2.45, 2.75) is 29.2 Å². The Labute approximate surface area is 120 Å². The van der Waals surface area contributed by atoms with Crippen LogP contribution in [0.2, 0.25) is 0 Å². The minimum Gasteiger partial charge on any atom is -0.229 e. The van der Waals surface area contributed by atoms with E-state index in [-0.39, 0.29) is 19.9 Å². The summed E-state index contributed by atoms with van der Waals surface area (Å²) < 4.78 is 26.5. The van der Waals surface area contributed by atoms with Crippen molar-refractivity contribution < 1.29 is 13.0 Å². The van der Waals surface area contributed by atoms with Crippen LogP contribution in [-0.2, 0) is 9.84 Å². The number of nitrogens with zero attached hydrogens (tertiary/aromatic N) is 1. The third kappa shape index (κ3) is 2.32. The van der Waals surface area contributed by atoms with E-state index in [9.17, 15) is 8.42 Å². The van der Waals surface area contributed by atoms with Gasteiger partial charge in [0.05, 0.1) is 16.3 Å². The molecule has 2 aliphatic heterocycles. The Morgan fingerprint density at radius 3 is 2.35 bits per heavy atom. The molecule has 0 aromatic heterocycles. The van der Waals surface area contributed by atoms with Crippen molar-refractivity contribution in [3.05, 3.63) is 0 Å². The standard InChI is InChI=1S/C10H17BrNO2S3/c1-4-12(5-2)8-15-9(3)6-17(13,14)7-10(9,11)16-8/h4-7H2,1-3H3/q+1/t9-,10+/m1/s1. The monoisotopic (exact) mass is 358 g/mol. The number of rotatable bonds is 2. The number of fused-ring (bicyclic) bond motifs is 1. The van der Waals surface area contributed by atoms with Gasteiger partial charge in [-0.3, -0.25) is 0 Å². The first-order valence-electron chi connectivity index (χ1n) is 5.64. The predicted octanol–water partition coefficient (Wildman–Crippen LogP) is 2.15. The van der Waals surface area contributed by atoms with Crippen LogP contribution < -0.4 is 0 Å². The molecule has 0 aromatic carbocycles. The third-order valence-corrected chi connectivity index (χ3v) is 11.2. The summed E-state index contributed by atoms with van der Waals surface area (Å²) in [6.07, 6.45) is 0. The van der Waals surface area contributed by atoms with E-state index in [1.807, 2.05) is 0 Å². The number of thioether (sulfide) groups is 2. The molecule has 7 heteroatoms. The number of sulfone groups is 1. The lowest BCUT2D eigenvalue weighted by Crippen LogP contribution is -2.36. The van der Waals surface area contributed by atoms with Crippen molar-refractivity contribution >= 4 is 53.7 Å². The first kappa shape index (κ1) is 14.2. The van der Waals surface area contributed by atoms with Crippen molar-refractivity contribution in [2.75, 3.05) is 24.6 Å². The van der Waals surface area contributed by atoms with Crippen LogP contribution in [0.1, 0.15) is 20.8 Å². The molecule has 0 radical (unpaired) electrons. The highest BCUT2D eigenvalue weighted by Crippen LogP contribution is 2.62. The fraction of sp³-hybridized carbons (Fsp3) is 0.900. The van der Waals surface area contributed by atoms with Gasteiger partial charge >= 0.3 is 0 Å². The second kappa shape index (κ2) is 4.42. The summed E-state index contributed by atoms with van der Waals surface area (Å²) in [6, 6.07) is 0. The average molecular weight is 359 g/mol. The molecule has 3 nitrogen and oxygen atoms in total. The minimum absolute atomic E-state index is 0.235. The van der Waals surface area contributed by atoms with Crippen LogP contribution in [0.5, 0.6) is 0 Å². The van der Waals surface area contributed by atoms with Crippen LogP contribution in [0.25, 0.3) is 0 Å². The molecule has 2 aliphatic rings. The molecule has 2 atom stereocenters. The fourth-order valence-electron chi connectivity index (χ4n) is 2.22. The molecule has 0 aliphatic carbocycles. The second-order valence-electron chi connectivity index (χ2n) is 4.63. The van der Waals surface area contributed by atoms with E-state index in [1.54, 1.807) is 23.5 Å². The summed E-state index contributed by atoms with van der Waals surface area (Å²) in [5, 5.41) is 0. The predicted molar refractivity (Wildman–Crippen MR) is 80.2 cm³/mol. The van der Waals surface area contributed by atoms with Crippen LogP contribution in [0.3, 0.4) is 0 Å². The quantitative estimate of drug-likeness (QED) is 0.559. The Balaban J connectivity index is 2.38. The van der Waals surface area contributed by atoms with E-state index >= 15 is 0 Å². The first-order chi connectivity index (χ1) is 7.75. The molecule has 0 unspecified atom stereocenters. The topological polar surface area (TPSA) is 37.1 Å². The van der Waals surface area contributed by atoms with Crippen molar-refractivity contribution in [3.63, 3.8) is 0 Å². The molecule has 17 heavy (non-hydrogen) atoms. The smallest absolute Gasteiger partial charge is 0.229 e. The van der Waals surface area contributed by atoms with E-state index in [2.05, 4.69) is 41.3 Å². The molecule has 0 spiro atoms. The molecule has 0 aromatic rings. The Morgan fingerprint density at radius 2 is 1.88 bits per heavy atom. The summed E-state index contributed by atoms with van der Waals surface area (Å²) in [4.78, 5) is 0. The van der Waals surface area contributed by atoms with Crippen molar-refractivity contribution in [2.24, 2.45) is 0 Å². The van der Waals surface area contributed by atoms with Crippen LogP contribution in [0.15, 0.2) is 0 Å².